The van der Waals surface area contributed by atoms with Crippen LogP contribution in [0.25, 0.3) is 11.0 Å². The molecular weight excluding hydrogens is 269 g/mol. The van der Waals surface area contributed by atoms with Crippen molar-refractivity contribution in [2.45, 2.75) is 6.10 Å². The molecule has 2 heterocycles. The number of aliphatic hydroxyl groups excluding tert-OH is 1. The van der Waals surface area contributed by atoms with Gasteiger partial charge in [-0.3, -0.25) is 4.98 Å². The van der Waals surface area contributed by atoms with Gasteiger partial charge in [-0.2, -0.15) is 0 Å². The Morgan fingerprint density at radius 3 is 2.79 bits per heavy atom. The van der Waals surface area contributed by atoms with E-state index in [4.69, 9.17) is 16.0 Å². The van der Waals surface area contributed by atoms with Crippen molar-refractivity contribution in [1.82, 2.24) is 4.98 Å². The van der Waals surface area contributed by atoms with Crippen LogP contribution in [0.5, 0.6) is 0 Å². The Morgan fingerprint density at radius 1 is 1.26 bits per heavy atom. The molecule has 3 rings (SSSR count). The highest BCUT2D eigenvalue weighted by Gasteiger charge is 2.18. The molecule has 2 aromatic heterocycles. The Labute approximate surface area is 113 Å². The molecule has 0 fully saturated rings. The van der Waals surface area contributed by atoms with E-state index in [9.17, 15) is 9.50 Å². The molecule has 0 saturated carbocycles. The predicted octanol–water partition coefficient (Wildman–Crippen LogP) is 3.70. The van der Waals surface area contributed by atoms with E-state index in [2.05, 4.69) is 4.98 Å². The highest BCUT2D eigenvalue weighted by atomic mass is 35.5. The molecule has 1 atom stereocenters. The van der Waals surface area contributed by atoms with Gasteiger partial charge >= 0.3 is 0 Å². The quantitative estimate of drug-likeness (QED) is 0.777. The van der Waals surface area contributed by atoms with Gasteiger partial charge in [-0.25, -0.2) is 4.39 Å². The lowest BCUT2D eigenvalue weighted by Crippen LogP contribution is -2.00. The first kappa shape index (κ1) is 12.1. The van der Waals surface area contributed by atoms with E-state index < -0.39 is 11.9 Å². The minimum absolute atomic E-state index is 0.130. The van der Waals surface area contributed by atoms with Crippen LogP contribution in [0.15, 0.2) is 47.0 Å². The van der Waals surface area contributed by atoms with Crippen LogP contribution < -0.4 is 0 Å². The van der Waals surface area contributed by atoms with Gasteiger partial charge in [0, 0.05) is 11.6 Å². The molecular formula is C14H9ClFNO2. The monoisotopic (exact) mass is 277 g/mol. The lowest BCUT2D eigenvalue weighted by atomic mass is 10.1. The zero-order valence-corrected chi connectivity index (χ0v) is 10.4. The Balaban J connectivity index is 2.04. The largest absolute Gasteiger partial charge is 0.455 e. The number of fused-ring (bicyclic) bond motifs is 1. The summed E-state index contributed by atoms with van der Waals surface area (Å²) in [5.74, 6) is -0.213. The zero-order valence-electron chi connectivity index (χ0n) is 9.68. The van der Waals surface area contributed by atoms with Gasteiger partial charge in [-0.05, 0) is 24.3 Å². The number of benzene rings is 1. The Hall–Kier alpha value is -1.91. The molecule has 0 bridgehead atoms. The maximum atomic E-state index is 13.5. The molecule has 3 nitrogen and oxygen atoms in total. The third-order valence-electron chi connectivity index (χ3n) is 2.82. The number of halogens is 2. The molecule has 1 aromatic carbocycles. The highest BCUT2D eigenvalue weighted by molar-refractivity contribution is 6.30. The summed E-state index contributed by atoms with van der Waals surface area (Å²) in [5, 5.41) is 11.2. The second kappa shape index (κ2) is 4.64. The smallest absolute Gasteiger partial charge is 0.170 e. The summed E-state index contributed by atoms with van der Waals surface area (Å²) in [5.41, 5.74) is 0.523. The Bertz CT molecular complexity index is 724. The lowest BCUT2D eigenvalue weighted by molar-refractivity contribution is 0.187. The van der Waals surface area contributed by atoms with E-state index in [1.54, 1.807) is 30.3 Å². The number of hydrogen-bond donors (Lipinski definition) is 1. The van der Waals surface area contributed by atoms with Gasteiger partial charge in [0.1, 0.15) is 5.76 Å². The highest BCUT2D eigenvalue weighted by Crippen LogP contribution is 2.28. The van der Waals surface area contributed by atoms with Crippen molar-refractivity contribution >= 4 is 22.6 Å². The van der Waals surface area contributed by atoms with Gasteiger partial charge in [0.2, 0.25) is 0 Å². The van der Waals surface area contributed by atoms with E-state index in [-0.39, 0.29) is 11.3 Å². The molecule has 0 aliphatic rings. The standard InChI is InChI=1S/C14H9ClFNO2/c15-9-4-5-11(17-7-9)13(18)12-6-8-2-1-3-10(16)14(8)19-12/h1-7,13,18H. The van der Waals surface area contributed by atoms with Crippen LogP contribution in [0, 0.1) is 5.82 Å². The minimum atomic E-state index is -1.05. The van der Waals surface area contributed by atoms with Crippen molar-refractivity contribution in [2.24, 2.45) is 0 Å². The van der Waals surface area contributed by atoms with Crippen LogP contribution in [0.1, 0.15) is 17.6 Å². The molecule has 1 N–H and O–H groups in total. The molecule has 96 valence electrons. The number of pyridine rings is 1. The third-order valence-corrected chi connectivity index (χ3v) is 3.04. The van der Waals surface area contributed by atoms with Gasteiger partial charge in [0.25, 0.3) is 0 Å². The molecule has 5 heteroatoms. The number of nitrogens with zero attached hydrogens (tertiary/aromatic N) is 1. The van der Waals surface area contributed by atoms with Crippen LogP contribution >= 0.6 is 11.6 Å². The van der Waals surface area contributed by atoms with Crippen LogP contribution in [0.4, 0.5) is 4.39 Å². The first-order valence-electron chi connectivity index (χ1n) is 5.62. The summed E-state index contributed by atoms with van der Waals surface area (Å²) >= 11 is 5.73. The second-order valence-electron chi connectivity index (χ2n) is 4.11. The number of para-hydroxylation sites is 1. The molecule has 0 radical (unpaired) electrons. The molecule has 1 unspecified atom stereocenters. The van der Waals surface area contributed by atoms with Gasteiger partial charge < -0.3 is 9.52 Å². The topological polar surface area (TPSA) is 46.3 Å². The maximum Gasteiger partial charge on any atom is 0.170 e. The van der Waals surface area contributed by atoms with Crippen LogP contribution in [-0.4, -0.2) is 10.1 Å². The fourth-order valence-corrected chi connectivity index (χ4v) is 1.99. The third kappa shape index (κ3) is 2.20. The summed E-state index contributed by atoms with van der Waals surface area (Å²) in [4.78, 5) is 4.01. The molecule has 0 amide bonds. The second-order valence-corrected chi connectivity index (χ2v) is 4.55. The SMILES string of the molecule is OC(c1ccc(Cl)cn1)c1cc2cccc(F)c2o1. The first-order valence-corrected chi connectivity index (χ1v) is 6.00. The molecule has 0 saturated heterocycles. The van der Waals surface area contributed by atoms with Gasteiger partial charge in [0.05, 0.1) is 10.7 Å². The number of rotatable bonds is 2. The fraction of sp³-hybridized carbons (Fsp3) is 0.0714. The van der Waals surface area contributed by atoms with Crippen molar-refractivity contribution in [3.63, 3.8) is 0 Å². The van der Waals surface area contributed by atoms with E-state index in [1.165, 1.54) is 12.3 Å². The lowest BCUT2D eigenvalue weighted by Gasteiger charge is -2.06. The molecule has 3 aromatic rings. The summed E-state index contributed by atoms with van der Waals surface area (Å²) < 4.78 is 18.9. The van der Waals surface area contributed by atoms with E-state index in [0.29, 0.717) is 16.1 Å². The Kier molecular flexibility index (Phi) is 2.97. The van der Waals surface area contributed by atoms with Gasteiger partial charge in [0.15, 0.2) is 17.5 Å². The number of aliphatic hydroxyl groups is 1. The van der Waals surface area contributed by atoms with E-state index >= 15 is 0 Å². The van der Waals surface area contributed by atoms with Gasteiger partial charge in [-0.1, -0.05) is 23.7 Å². The predicted molar refractivity (Wildman–Crippen MR) is 69.5 cm³/mol. The molecule has 19 heavy (non-hydrogen) atoms. The number of hydrogen-bond acceptors (Lipinski definition) is 3. The number of aromatic nitrogens is 1. The van der Waals surface area contributed by atoms with Crippen LogP contribution in [0.3, 0.4) is 0 Å². The zero-order chi connectivity index (χ0) is 13.4. The van der Waals surface area contributed by atoms with Crippen molar-refractivity contribution < 1.29 is 13.9 Å². The number of furan rings is 1. The van der Waals surface area contributed by atoms with Crippen LogP contribution in [0.2, 0.25) is 5.02 Å². The summed E-state index contributed by atoms with van der Waals surface area (Å²) in [6, 6.07) is 9.42. The molecule has 0 aliphatic carbocycles. The van der Waals surface area contributed by atoms with Crippen molar-refractivity contribution in [3.8, 4) is 0 Å². The van der Waals surface area contributed by atoms with E-state index in [0.717, 1.165) is 0 Å². The normalized spacial score (nSPS) is 12.8. The van der Waals surface area contributed by atoms with Gasteiger partial charge in [-0.15, -0.1) is 0 Å². The first-order chi connectivity index (χ1) is 9.15. The summed E-state index contributed by atoms with van der Waals surface area (Å²) in [6.07, 6.45) is 0.382. The maximum absolute atomic E-state index is 13.5. The molecule has 0 aliphatic heterocycles. The minimum Gasteiger partial charge on any atom is -0.455 e. The average Bonchev–Trinajstić information content (AvgIpc) is 2.84. The average molecular weight is 278 g/mol. The Morgan fingerprint density at radius 2 is 2.11 bits per heavy atom. The van der Waals surface area contributed by atoms with E-state index in [1.807, 2.05) is 0 Å². The van der Waals surface area contributed by atoms with Crippen molar-refractivity contribution in [1.29, 1.82) is 0 Å². The van der Waals surface area contributed by atoms with Crippen LogP contribution in [-0.2, 0) is 0 Å². The van der Waals surface area contributed by atoms with Crippen molar-refractivity contribution in [3.05, 3.63) is 64.9 Å². The fourth-order valence-electron chi connectivity index (χ4n) is 1.88. The van der Waals surface area contributed by atoms with Crippen molar-refractivity contribution in [2.75, 3.05) is 0 Å². The summed E-state index contributed by atoms with van der Waals surface area (Å²) in [6.45, 7) is 0. The molecule has 0 spiro atoms. The summed E-state index contributed by atoms with van der Waals surface area (Å²) in [7, 11) is 0.